The molecule has 0 radical (unpaired) electrons. The first-order valence-electron chi connectivity index (χ1n) is 6.99. The first-order chi connectivity index (χ1) is 11.6. The number of rotatable bonds is 5. The van der Waals surface area contributed by atoms with E-state index in [0.29, 0.717) is 10.3 Å². The molecule has 0 aliphatic rings. The van der Waals surface area contributed by atoms with Gasteiger partial charge in [-0.15, -0.1) is 10.2 Å². The van der Waals surface area contributed by atoms with Gasteiger partial charge in [0.2, 0.25) is 11.0 Å². The molecule has 7 nitrogen and oxygen atoms in total. The van der Waals surface area contributed by atoms with Crippen molar-refractivity contribution in [1.82, 2.24) is 20.2 Å². The van der Waals surface area contributed by atoms with E-state index in [1.54, 1.807) is 0 Å². The molecule has 0 atom stereocenters. The van der Waals surface area contributed by atoms with Crippen molar-refractivity contribution in [2.24, 2.45) is 0 Å². The fraction of sp³-hybridized carbons (Fsp3) is 0.133. The Balaban J connectivity index is 1.61. The van der Waals surface area contributed by atoms with Crippen LogP contribution in [0.3, 0.4) is 0 Å². The molecular weight excluding hydrogens is 346 g/mol. The van der Waals surface area contributed by atoms with Crippen LogP contribution in [0.1, 0.15) is 5.56 Å². The van der Waals surface area contributed by atoms with Crippen LogP contribution in [0.5, 0.6) is 0 Å². The van der Waals surface area contributed by atoms with Crippen LogP contribution in [0.25, 0.3) is 10.6 Å². The van der Waals surface area contributed by atoms with Gasteiger partial charge in [-0.05, 0) is 12.5 Å². The van der Waals surface area contributed by atoms with Crippen molar-refractivity contribution in [1.29, 1.82) is 0 Å². The van der Waals surface area contributed by atoms with E-state index in [9.17, 15) is 9.59 Å². The molecule has 0 aliphatic carbocycles. The summed E-state index contributed by atoms with van der Waals surface area (Å²) in [6, 6.07) is 9.18. The summed E-state index contributed by atoms with van der Waals surface area (Å²) in [5, 5.41) is 12.4. The second-order valence-electron chi connectivity index (χ2n) is 4.80. The summed E-state index contributed by atoms with van der Waals surface area (Å²) in [5.74, 6) is -0.120. The van der Waals surface area contributed by atoms with Gasteiger partial charge >= 0.3 is 0 Å². The molecular formula is C15H13N5O2S2. The number of benzene rings is 1. The predicted molar refractivity (Wildman–Crippen MR) is 94.3 cm³/mol. The second kappa shape index (κ2) is 7.37. The number of carbonyl (C=O) groups excluding carboxylic acids is 1. The third-order valence-corrected chi connectivity index (χ3v) is 4.79. The molecule has 0 bridgehead atoms. The monoisotopic (exact) mass is 359 g/mol. The Bertz CT molecular complexity index is 922. The maximum absolute atomic E-state index is 12.0. The minimum absolute atomic E-state index is 0.117. The molecule has 0 saturated carbocycles. The van der Waals surface area contributed by atoms with Gasteiger partial charge in [0.1, 0.15) is 5.01 Å². The summed E-state index contributed by atoms with van der Waals surface area (Å²) < 4.78 is 0. The van der Waals surface area contributed by atoms with E-state index in [4.69, 9.17) is 0 Å². The number of nitrogens with zero attached hydrogens (tertiary/aromatic N) is 3. The molecule has 0 spiro atoms. The van der Waals surface area contributed by atoms with Crippen LogP contribution in [-0.2, 0) is 4.79 Å². The average Bonchev–Trinajstić information content (AvgIpc) is 3.02. The van der Waals surface area contributed by atoms with Crippen molar-refractivity contribution in [3.05, 3.63) is 52.4 Å². The molecule has 2 aromatic heterocycles. The highest BCUT2D eigenvalue weighted by Crippen LogP contribution is 2.28. The molecule has 0 aliphatic heterocycles. The molecule has 0 fully saturated rings. The van der Waals surface area contributed by atoms with Crippen molar-refractivity contribution in [2.45, 2.75) is 12.1 Å². The number of aromatic nitrogens is 4. The lowest BCUT2D eigenvalue weighted by Gasteiger charge is -2.01. The SMILES string of the molecule is Cc1ccccc1-c1nnc(NC(=O)CSc2nccc(=O)[nH]2)s1. The summed E-state index contributed by atoms with van der Waals surface area (Å²) in [6.07, 6.45) is 1.40. The van der Waals surface area contributed by atoms with E-state index < -0.39 is 0 Å². The molecule has 122 valence electrons. The van der Waals surface area contributed by atoms with Crippen molar-refractivity contribution in [2.75, 3.05) is 11.1 Å². The van der Waals surface area contributed by atoms with Gasteiger partial charge in [0.25, 0.3) is 5.56 Å². The van der Waals surface area contributed by atoms with Crippen LogP contribution in [-0.4, -0.2) is 31.8 Å². The van der Waals surface area contributed by atoms with Gasteiger partial charge < -0.3 is 4.98 Å². The highest BCUT2D eigenvalue weighted by molar-refractivity contribution is 7.99. The molecule has 1 aromatic carbocycles. The number of H-pyrrole nitrogens is 1. The summed E-state index contributed by atoms with van der Waals surface area (Å²) in [4.78, 5) is 29.7. The van der Waals surface area contributed by atoms with Crippen LogP contribution >= 0.6 is 23.1 Å². The molecule has 2 heterocycles. The van der Waals surface area contributed by atoms with E-state index in [2.05, 4.69) is 25.5 Å². The number of hydrogen-bond donors (Lipinski definition) is 2. The van der Waals surface area contributed by atoms with Crippen molar-refractivity contribution in [3.63, 3.8) is 0 Å². The van der Waals surface area contributed by atoms with Crippen LogP contribution < -0.4 is 10.9 Å². The summed E-state index contributed by atoms with van der Waals surface area (Å²) in [7, 11) is 0. The standard InChI is InChI=1S/C15H13N5O2S2/c1-9-4-2-3-5-10(9)13-19-20-15(24-13)18-12(22)8-23-14-16-7-6-11(21)17-14/h2-7H,8H2,1H3,(H,16,17,21)(H,18,20,22). The van der Waals surface area contributed by atoms with Crippen LogP contribution in [0.2, 0.25) is 0 Å². The highest BCUT2D eigenvalue weighted by atomic mass is 32.2. The largest absolute Gasteiger partial charge is 0.301 e. The normalized spacial score (nSPS) is 10.5. The van der Waals surface area contributed by atoms with E-state index >= 15 is 0 Å². The minimum Gasteiger partial charge on any atom is -0.301 e. The van der Waals surface area contributed by atoms with Crippen LogP contribution in [0, 0.1) is 6.92 Å². The molecule has 3 rings (SSSR count). The fourth-order valence-electron chi connectivity index (χ4n) is 1.91. The maximum atomic E-state index is 12.0. The van der Waals surface area contributed by atoms with Gasteiger partial charge in [0.15, 0.2) is 5.16 Å². The zero-order valence-corrected chi connectivity index (χ0v) is 14.3. The zero-order valence-electron chi connectivity index (χ0n) is 12.6. The van der Waals surface area contributed by atoms with Gasteiger partial charge in [-0.3, -0.25) is 14.9 Å². The lowest BCUT2D eigenvalue weighted by Crippen LogP contribution is -2.15. The van der Waals surface area contributed by atoms with Crippen molar-refractivity contribution >= 4 is 34.1 Å². The molecule has 0 saturated heterocycles. The third kappa shape index (κ3) is 4.06. The molecule has 3 aromatic rings. The van der Waals surface area contributed by atoms with Gasteiger partial charge in [0, 0.05) is 17.8 Å². The first kappa shape index (κ1) is 16.3. The number of nitrogens with one attached hydrogen (secondary N) is 2. The van der Waals surface area contributed by atoms with Gasteiger partial charge in [0.05, 0.1) is 5.75 Å². The summed E-state index contributed by atoms with van der Waals surface area (Å²) in [5.41, 5.74) is 1.84. The lowest BCUT2D eigenvalue weighted by molar-refractivity contribution is -0.113. The number of aromatic amines is 1. The summed E-state index contributed by atoms with van der Waals surface area (Å²) in [6.45, 7) is 2.00. The number of anilines is 1. The number of thioether (sulfide) groups is 1. The van der Waals surface area contributed by atoms with E-state index in [-0.39, 0.29) is 17.2 Å². The predicted octanol–water partition coefficient (Wildman–Crippen LogP) is 2.33. The molecule has 24 heavy (non-hydrogen) atoms. The maximum Gasteiger partial charge on any atom is 0.251 e. The van der Waals surface area contributed by atoms with Gasteiger partial charge in [-0.25, -0.2) is 4.98 Å². The zero-order chi connectivity index (χ0) is 16.9. The van der Waals surface area contributed by atoms with Gasteiger partial charge in [-0.1, -0.05) is 47.4 Å². The van der Waals surface area contributed by atoms with E-state index in [1.807, 2.05) is 31.2 Å². The van der Waals surface area contributed by atoms with E-state index in [0.717, 1.165) is 27.9 Å². The second-order valence-corrected chi connectivity index (χ2v) is 6.74. The highest BCUT2D eigenvalue weighted by Gasteiger charge is 2.11. The minimum atomic E-state index is -0.250. The Morgan fingerprint density at radius 3 is 2.92 bits per heavy atom. The number of aryl methyl sites for hydroxylation is 1. The Hall–Kier alpha value is -2.52. The molecule has 1 amide bonds. The number of carbonyl (C=O) groups is 1. The number of hydrogen-bond acceptors (Lipinski definition) is 7. The number of amides is 1. The molecule has 2 N–H and O–H groups in total. The van der Waals surface area contributed by atoms with Gasteiger partial charge in [-0.2, -0.15) is 0 Å². The summed E-state index contributed by atoms with van der Waals surface area (Å²) >= 11 is 2.46. The van der Waals surface area contributed by atoms with Crippen LogP contribution in [0.4, 0.5) is 5.13 Å². The van der Waals surface area contributed by atoms with Crippen LogP contribution in [0.15, 0.2) is 46.5 Å². The first-order valence-corrected chi connectivity index (χ1v) is 8.79. The smallest absolute Gasteiger partial charge is 0.251 e. The molecule has 0 unspecified atom stereocenters. The average molecular weight is 359 g/mol. The molecule has 9 heteroatoms. The Kier molecular flexibility index (Phi) is 5.02. The van der Waals surface area contributed by atoms with Crippen molar-refractivity contribution in [3.8, 4) is 10.6 Å². The lowest BCUT2D eigenvalue weighted by atomic mass is 10.1. The van der Waals surface area contributed by atoms with Crippen molar-refractivity contribution < 1.29 is 4.79 Å². The topological polar surface area (TPSA) is 101 Å². The Morgan fingerprint density at radius 2 is 2.12 bits per heavy atom. The van der Waals surface area contributed by atoms with E-state index in [1.165, 1.54) is 23.6 Å². The Morgan fingerprint density at radius 1 is 1.29 bits per heavy atom. The fourth-order valence-corrected chi connectivity index (χ4v) is 3.41. The third-order valence-electron chi connectivity index (χ3n) is 3.03. The Labute approximate surface area is 145 Å². The quantitative estimate of drug-likeness (QED) is 0.536.